The normalized spacial score (nSPS) is 16.1. The van der Waals surface area contributed by atoms with Gasteiger partial charge in [-0.3, -0.25) is 0 Å². The summed E-state index contributed by atoms with van der Waals surface area (Å²) in [6, 6.07) is 17.5. The van der Waals surface area contributed by atoms with Crippen LogP contribution in [0.25, 0.3) is 6.08 Å². The van der Waals surface area contributed by atoms with E-state index in [1.54, 1.807) is 6.08 Å². The molecule has 0 saturated heterocycles. The van der Waals surface area contributed by atoms with Crippen molar-refractivity contribution < 1.29 is 9.63 Å². The number of allylic oxidation sites excluding steroid dienone is 2. The van der Waals surface area contributed by atoms with E-state index in [1.165, 1.54) is 0 Å². The third-order valence-corrected chi connectivity index (χ3v) is 3.69. The molecule has 0 radical (unpaired) electrons. The van der Waals surface area contributed by atoms with Crippen molar-refractivity contribution in [1.29, 1.82) is 0 Å². The van der Waals surface area contributed by atoms with Crippen molar-refractivity contribution >= 4 is 33.7 Å². The lowest BCUT2D eigenvalue weighted by atomic mass is 10.0. The van der Waals surface area contributed by atoms with Gasteiger partial charge < -0.3 is 4.84 Å². The standard InChI is InChI=1S/C18H12BrNO2/c19-15-11-9-14(10-12-15)17-16(18(21)22-20-17)8-4-7-13-5-2-1-3-6-13/h1-12H. The van der Waals surface area contributed by atoms with Crippen LogP contribution in [-0.2, 0) is 9.63 Å². The average Bonchev–Trinajstić information content (AvgIpc) is 2.90. The molecule has 0 bridgehead atoms. The Morgan fingerprint density at radius 2 is 1.73 bits per heavy atom. The van der Waals surface area contributed by atoms with E-state index in [1.807, 2.05) is 66.7 Å². The number of carbonyl (C=O) groups excluding carboxylic acids is 1. The summed E-state index contributed by atoms with van der Waals surface area (Å²) in [4.78, 5) is 16.6. The van der Waals surface area contributed by atoms with E-state index >= 15 is 0 Å². The Labute approximate surface area is 136 Å². The third kappa shape index (κ3) is 3.23. The van der Waals surface area contributed by atoms with Crippen LogP contribution < -0.4 is 0 Å². The zero-order chi connectivity index (χ0) is 15.4. The monoisotopic (exact) mass is 353 g/mol. The molecule has 0 N–H and O–H groups in total. The first-order chi connectivity index (χ1) is 10.7. The Kier molecular flexibility index (Phi) is 4.30. The third-order valence-electron chi connectivity index (χ3n) is 3.16. The Morgan fingerprint density at radius 1 is 1.00 bits per heavy atom. The van der Waals surface area contributed by atoms with Crippen LogP contribution in [0.3, 0.4) is 0 Å². The number of rotatable bonds is 3. The van der Waals surface area contributed by atoms with Crippen molar-refractivity contribution in [3.8, 4) is 0 Å². The van der Waals surface area contributed by atoms with Gasteiger partial charge in [-0.05, 0) is 23.8 Å². The Hall–Kier alpha value is -2.46. The Balaban J connectivity index is 1.86. The quantitative estimate of drug-likeness (QED) is 0.607. The molecule has 108 valence electrons. The van der Waals surface area contributed by atoms with E-state index in [2.05, 4.69) is 21.1 Å². The molecule has 3 rings (SSSR count). The first-order valence-corrected chi connectivity index (χ1v) is 7.52. The largest absolute Gasteiger partial charge is 0.368 e. The minimum absolute atomic E-state index is 0.435. The zero-order valence-corrected chi connectivity index (χ0v) is 13.2. The van der Waals surface area contributed by atoms with E-state index in [0.717, 1.165) is 15.6 Å². The lowest BCUT2D eigenvalue weighted by Gasteiger charge is -1.99. The highest BCUT2D eigenvalue weighted by Crippen LogP contribution is 2.20. The van der Waals surface area contributed by atoms with Gasteiger partial charge in [0, 0.05) is 10.0 Å². The maximum Gasteiger partial charge on any atom is 0.368 e. The second-order valence-electron chi connectivity index (χ2n) is 4.68. The molecule has 0 atom stereocenters. The van der Waals surface area contributed by atoms with Gasteiger partial charge >= 0.3 is 5.97 Å². The molecule has 0 aliphatic carbocycles. The van der Waals surface area contributed by atoms with Crippen molar-refractivity contribution in [2.24, 2.45) is 5.16 Å². The first kappa shape index (κ1) is 14.5. The second kappa shape index (κ2) is 6.54. The van der Waals surface area contributed by atoms with Crippen molar-refractivity contribution in [2.75, 3.05) is 0 Å². The van der Waals surface area contributed by atoms with Gasteiger partial charge in [0.2, 0.25) is 0 Å². The molecule has 2 aromatic carbocycles. The van der Waals surface area contributed by atoms with Crippen LogP contribution in [0.4, 0.5) is 0 Å². The van der Waals surface area contributed by atoms with E-state index in [4.69, 9.17) is 4.84 Å². The van der Waals surface area contributed by atoms with Gasteiger partial charge in [0.05, 0.1) is 5.57 Å². The Morgan fingerprint density at radius 3 is 2.45 bits per heavy atom. The lowest BCUT2D eigenvalue weighted by Crippen LogP contribution is -2.06. The molecule has 0 amide bonds. The van der Waals surface area contributed by atoms with Crippen molar-refractivity contribution in [3.63, 3.8) is 0 Å². The fourth-order valence-corrected chi connectivity index (χ4v) is 2.33. The summed E-state index contributed by atoms with van der Waals surface area (Å²) in [6.07, 6.45) is 5.48. The number of hydrogen-bond donors (Lipinski definition) is 0. The van der Waals surface area contributed by atoms with Gasteiger partial charge in [-0.1, -0.05) is 75.7 Å². The topological polar surface area (TPSA) is 38.7 Å². The first-order valence-electron chi connectivity index (χ1n) is 6.73. The molecular weight excluding hydrogens is 342 g/mol. The molecule has 0 spiro atoms. The molecular formula is C18H12BrNO2. The number of carbonyl (C=O) groups is 1. The molecule has 0 fully saturated rings. The summed E-state index contributed by atoms with van der Waals surface area (Å²) in [5.41, 5.74) is 2.91. The van der Waals surface area contributed by atoms with Crippen LogP contribution in [0.15, 0.2) is 82.0 Å². The van der Waals surface area contributed by atoms with E-state index < -0.39 is 5.97 Å². The second-order valence-corrected chi connectivity index (χ2v) is 5.59. The molecule has 4 heteroatoms. The lowest BCUT2D eigenvalue weighted by molar-refractivity contribution is -0.136. The van der Waals surface area contributed by atoms with Crippen LogP contribution in [0.1, 0.15) is 11.1 Å². The van der Waals surface area contributed by atoms with E-state index in [-0.39, 0.29) is 0 Å². The molecule has 0 saturated carbocycles. The summed E-state index contributed by atoms with van der Waals surface area (Å²) in [5.74, 6) is -0.435. The number of halogens is 1. The van der Waals surface area contributed by atoms with Crippen molar-refractivity contribution in [2.45, 2.75) is 0 Å². The molecule has 1 heterocycles. The highest BCUT2D eigenvalue weighted by Gasteiger charge is 2.25. The number of oxime groups is 1. The van der Waals surface area contributed by atoms with Crippen LogP contribution in [0.5, 0.6) is 0 Å². The number of nitrogens with zero attached hydrogens (tertiary/aromatic N) is 1. The predicted molar refractivity (Wildman–Crippen MR) is 90.3 cm³/mol. The summed E-state index contributed by atoms with van der Waals surface area (Å²) in [5, 5.41) is 3.87. The van der Waals surface area contributed by atoms with Gasteiger partial charge in [0.25, 0.3) is 0 Å². The molecule has 0 unspecified atom stereocenters. The van der Waals surface area contributed by atoms with Crippen LogP contribution >= 0.6 is 15.9 Å². The molecule has 1 aliphatic heterocycles. The molecule has 3 nitrogen and oxygen atoms in total. The average molecular weight is 354 g/mol. The maximum atomic E-state index is 11.8. The van der Waals surface area contributed by atoms with Gasteiger partial charge in [-0.15, -0.1) is 0 Å². The Bertz CT molecular complexity index is 774. The number of benzene rings is 2. The zero-order valence-electron chi connectivity index (χ0n) is 11.6. The molecule has 1 aliphatic rings. The predicted octanol–water partition coefficient (Wildman–Crippen LogP) is 4.35. The van der Waals surface area contributed by atoms with Gasteiger partial charge in [-0.25, -0.2) is 4.79 Å². The summed E-state index contributed by atoms with van der Waals surface area (Å²) in [7, 11) is 0. The minimum atomic E-state index is -0.435. The van der Waals surface area contributed by atoms with Crippen molar-refractivity contribution in [1.82, 2.24) is 0 Å². The highest BCUT2D eigenvalue weighted by molar-refractivity contribution is 9.10. The molecule has 0 aromatic heterocycles. The van der Waals surface area contributed by atoms with Crippen LogP contribution in [0, 0.1) is 0 Å². The maximum absolute atomic E-state index is 11.8. The smallest absolute Gasteiger partial charge is 0.312 e. The summed E-state index contributed by atoms with van der Waals surface area (Å²) < 4.78 is 0.969. The summed E-state index contributed by atoms with van der Waals surface area (Å²) >= 11 is 3.38. The minimum Gasteiger partial charge on any atom is -0.312 e. The van der Waals surface area contributed by atoms with Gasteiger partial charge in [0.1, 0.15) is 5.71 Å². The SMILES string of the molecule is O=C1ON=C(c2ccc(Br)cc2)C1=CC=Cc1ccccc1. The number of hydrogen-bond acceptors (Lipinski definition) is 3. The fraction of sp³-hybridized carbons (Fsp3) is 0. The van der Waals surface area contributed by atoms with Crippen LogP contribution in [0.2, 0.25) is 0 Å². The van der Waals surface area contributed by atoms with Gasteiger partial charge in [0.15, 0.2) is 0 Å². The highest BCUT2D eigenvalue weighted by atomic mass is 79.9. The fourth-order valence-electron chi connectivity index (χ4n) is 2.06. The van der Waals surface area contributed by atoms with Crippen molar-refractivity contribution in [3.05, 3.63) is 87.9 Å². The summed E-state index contributed by atoms with van der Waals surface area (Å²) in [6.45, 7) is 0. The van der Waals surface area contributed by atoms with E-state index in [9.17, 15) is 4.79 Å². The van der Waals surface area contributed by atoms with E-state index in [0.29, 0.717) is 11.3 Å². The van der Waals surface area contributed by atoms with Gasteiger partial charge in [-0.2, -0.15) is 0 Å². The molecule has 2 aromatic rings. The molecule has 22 heavy (non-hydrogen) atoms. The van der Waals surface area contributed by atoms with Crippen LogP contribution in [-0.4, -0.2) is 11.7 Å².